The summed E-state index contributed by atoms with van der Waals surface area (Å²) in [6.07, 6.45) is 7.80. The Morgan fingerprint density at radius 3 is 2.59 bits per heavy atom. The van der Waals surface area contributed by atoms with Crippen molar-refractivity contribution in [3.63, 3.8) is 0 Å². The zero-order valence-corrected chi connectivity index (χ0v) is 23.4. The average molecular weight is 542 g/mol. The molecule has 1 N–H and O–H groups in total. The van der Waals surface area contributed by atoms with E-state index in [-0.39, 0.29) is 16.7 Å². The molecule has 198 valence electrons. The van der Waals surface area contributed by atoms with Crippen molar-refractivity contribution in [1.82, 2.24) is 14.3 Å². The number of rotatable bonds is 7. The molecule has 1 aliphatic carbocycles. The number of anilines is 2. The normalized spacial score (nSPS) is 16.8. The molecule has 0 spiro atoms. The minimum absolute atomic E-state index is 0.0598. The monoisotopic (exact) mass is 541 g/mol. The van der Waals surface area contributed by atoms with Crippen LogP contribution in [0.2, 0.25) is 0 Å². The highest BCUT2D eigenvalue weighted by Gasteiger charge is 2.29. The lowest BCUT2D eigenvalue weighted by atomic mass is 9.94. The molecule has 8 nitrogen and oxygen atoms in total. The number of aryl methyl sites for hydroxylation is 3. The first kappa shape index (κ1) is 26.1. The van der Waals surface area contributed by atoms with Gasteiger partial charge in [0.25, 0.3) is 0 Å². The van der Waals surface area contributed by atoms with Crippen LogP contribution in [-0.2, 0) is 27.7 Å². The van der Waals surface area contributed by atoms with Gasteiger partial charge in [-0.15, -0.1) is 11.3 Å². The Balaban J connectivity index is 1.28. The van der Waals surface area contributed by atoms with Crippen molar-refractivity contribution in [3.05, 3.63) is 40.5 Å². The highest BCUT2D eigenvalue weighted by molar-refractivity contribution is 7.89. The second-order valence-corrected chi connectivity index (χ2v) is 12.9. The maximum absolute atomic E-state index is 13.2. The molecule has 1 aliphatic heterocycles. The van der Waals surface area contributed by atoms with Gasteiger partial charge in [0.1, 0.15) is 17.0 Å². The summed E-state index contributed by atoms with van der Waals surface area (Å²) in [4.78, 5) is 27.5. The molecule has 1 fully saturated rings. The van der Waals surface area contributed by atoms with Gasteiger partial charge in [-0.2, -0.15) is 4.31 Å². The zero-order chi connectivity index (χ0) is 26.2. The molecule has 2 aromatic heterocycles. The summed E-state index contributed by atoms with van der Waals surface area (Å²) in [6, 6.07) is 5.13. The van der Waals surface area contributed by atoms with Gasteiger partial charge in [0.05, 0.1) is 10.3 Å². The van der Waals surface area contributed by atoms with Gasteiger partial charge in [-0.05, 0) is 68.7 Å². The first-order valence-electron chi connectivity index (χ1n) is 13.2. The summed E-state index contributed by atoms with van der Waals surface area (Å²) in [6.45, 7) is 7.75. The van der Waals surface area contributed by atoms with Crippen molar-refractivity contribution in [1.29, 1.82) is 0 Å². The molecule has 0 saturated carbocycles. The van der Waals surface area contributed by atoms with E-state index in [2.05, 4.69) is 20.2 Å². The van der Waals surface area contributed by atoms with E-state index >= 15 is 0 Å². The fourth-order valence-electron chi connectivity index (χ4n) is 5.57. The summed E-state index contributed by atoms with van der Waals surface area (Å²) in [5.74, 6) is 0.817. The summed E-state index contributed by atoms with van der Waals surface area (Å²) in [5, 5.41) is 4.20. The molecule has 3 heterocycles. The molecule has 10 heteroatoms. The van der Waals surface area contributed by atoms with E-state index < -0.39 is 10.0 Å². The molecule has 2 aliphatic rings. The third-order valence-electron chi connectivity index (χ3n) is 7.68. The minimum Gasteiger partial charge on any atom is -0.356 e. The fraction of sp³-hybridized carbons (Fsp3) is 0.519. The van der Waals surface area contributed by atoms with E-state index in [4.69, 9.17) is 0 Å². The smallest absolute Gasteiger partial charge is 0.243 e. The number of benzene rings is 1. The number of carbonyl (C=O) groups excluding carboxylic acids is 1. The van der Waals surface area contributed by atoms with Gasteiger partial charge >= 0.3 is 0 Å². The van der Waals surface area contributed by atoms with Crippen LogP contribution in [0.1, 0.15) is 55.5 Å². The Hall–Kier alpha value is -2.56. The predicted octanol–water partition coefficient (Wildman–Crippen LogP) is 4.76. The summed E-state index contributed by atoms with van der Waals surface area (Å²) >= 11 is 1.81. The topological polar surface area (TPSA) is 95.5 Å². The van der Waals surface area contributed by atoms with Crippen LogP contribution < -0.4 is 10.2 Å². The van der Waals surface area contributed by atoms with Crippen LogP contribution in [0.4, 0.5) is 11.5 Å². The van der Waals surface area contributed by atoms with Crippen LogP contribution in [0, 0.1) is 12.8 Å². The van der Waals surface area contributed by atoms with E-state index in [1.165, 1.54) is 33.0 Å². The Morgan fingerprint density at radius 2 is 1.86 bits per heavy atom. The van der Waals surface area contributed by atoms with Gasteiger partial charge in [-0.1, -0.05) is 19.9 Å². The molecule has 1 aromatic carbocycles. The number of aromatic nitrogens is 2. The summed E-state index contributed by atoms with van der Waals surface area (Å²) in [7, 11) is -3.61. The van der Waals surface area contributed by atoms with Gasteiger partial charge in [-0.3, -0.25) is 4.79 Å². The molecule has 5 rings (SSSR count). The van der Waals surface area contributed by atoms with E-state index in [1.807, 2.05) is 13.8 Å². The third kappa shape index (κ3) is 4.98. The molecular weight excluding hydrogens is 506 g/mol. The highest BCUT2D eigenvalue weighted by Crippen LogP contribution is 2.40. The maximum atomic E-state index is 13.2. The van der Waals surface area contributed by atoms with Gasteiger partial charge in [0, 0.05) is 42.7 Å². The fourth-order valence-corrected chi connectivity index (χ4v) is 8.50. The van der Waals surface area contributed by atoms with Crippen molar-refractivity contribution >= 4 is 49.0 Å². The number of sulfonamides is 1. The number of hydrogen-bond acceptors (Lipinski definition) is 7. The molecule has 1 saturated heterocycles. The quantitative estimate of drug-likeness (QED) is 0.463. The van der Waals surface area contributed by atoms with Crippen LogP contribution in [0.3, 0.4) is 0 Å². The van der Waals surface area contributed by atoms with E-state index in [0.29, 0.717) is 24.3 Å². The second kappa shape index (κ2) is 10.7. The molecular formula is C27H35N5O3S2. The van der Waals surface area contributed by atoms with Gasteiger partial charge < -0.3 is 10.2 Å². The van der Waals surface area contributed by atoms with Crippen molar-refractivity contribution in [2.45, 2.75) is 64.2 Å². The van der Waals surface area contributed by atoms with Crippen molar-refractivity contribution < 1.29 is 13.2 Å². The number of amides is 1. The average Bonchev–Trinajstić information content (AvgIpc) is 3.29. The van der Waals surface area contributed by atoms with Crippen molar-refractivity contribution in [2.24, 2.45) is 5.92 Å². The van der Waals surface area contributed by atoms with Gasteiger partial charge in [0.15, 0.2) is 0 Å². The number of piperidine rings is 1. The Bertz CT molecular complexity index is 1410. The largest absolute Gasteiger partial charge is 0.356 e. The molecule has 3 aromatic rings. The molecule has 0 atom stereocenters. The van der Waals surface area contributed by atoms with Crippen LogP contribution in [-0.4, -0.2) is 54.8 Å². The molecule has 1 amide bonds. The number of fused-ring (bicyclic) bond motifs is 3. The number of thiophene rings is 1. The highest BCUT2D eigenvalue weighted by atomic mass is 32.2. The summed E-state index contributed by atoms with van der Waals surface area (Å²) in [5.41, 5.74) is 2.62. The van der Waals surface area contributed by atoms with E-state index in [0.717, 1.165) is 49.4 Å². The molecule has 0 radical (unpaired) electrons. The first-order chi connectivity index (χ1) is 17.8. The second-order valence-electron chi connectivity index (χ2n) is 9.91. The molecule has 0 bridgehead atoms. The van der Waals surface area contributed by atoms with Crippen LogP contribution in [0.5, 0.6) is 0 Å². The lowest BCUT2D eigenvalue weighted by Crippen LogP contribution is -2.38. The Labute approximate surface area is 223 Å². The van der Waals surface area contributed by atoms with Gasteiger partial charge in [-0.25, -0.2) is 18.4 Å². The van der Waals surface area contributed by atoms with Crippen molar-refractivity contribution in [3.8, 4) is 0 Å². The number of carbonyl (C=O) groups is 1. The predicted molar refractivity (Wildman–Crippen MR) is 149 cm³/mol. The van der Waals surface area contributed by atoms with Crippen LogP contribution in [0.25, 0.3) is 10.2 Å². The van der Waals surface area contributed by atoms with E-state index in [1.54, 1.807) is 42.8 Å². The van der Waals surface area contributed by atoms with Crippen LogP contribution >= 0.6 is 11.3 Å². The Morgan fingerprint density at radius 1 is 1.14 bits per heavy atom. The number of hydrogen-bond donors (Lipinski definition) is 1. The third-order valence-corrected chi connectivity index (χ3v) is 11.1. The lowest BCUT2D eigenvalue weighted by Gasteiger charge is -2.32. The summed E-state index contributed by atoms with van der Waals surface area (Å²) < 4.78 is 27.6. The van der Waals surface area contributed by atoms with E-state index in [9.17, 15) is 13.2 Å². The first-order valence-corrected chi connectivity index (χ1v) is 15.5. The van der Waals surface area contributed by atoms with Gasteiger partial charge in [0.2, 0.25) is 15.9 Å². The minimum atomic E-state index is -3.61. The standard InChI is InChI=1S/C27H35N5O3S2/c1-4-32(5-2)37(34,35)23-16-20(11-10-18(23)3)30-26(33)19-12-14-31(15-13-19)25-24-21-8-6-7-9-22(21)36-27(24)29-17-28-25/h10-11,16-17,19H,4-9,12-15H2,1-3H3,(H,30,33). The zero-order valence-electron chi connectivity index (χ0n) is 21.8. The van der Waals surface area contributed by atoms with Crippen molar-refractivity contribution in [2.75, 3.05) is 36.4 Å². The number of nitrogens with zero attached hydrogens (tertiary/aromatic N) is 4. The lowest BCUT2D eigenvalue weighted by molar-refractivity contribution is -0.120. The van der Waals surface area contributed by atoms with Crippen LogP contribution in [0.15, 0.2) is 29.4 Å². The maximum Gasteiger partial charge on any atom is 0.243 e. The Kier molecular flexibility index (Phi) is 7.51. The SMILES string of the molecule is CCN(CC)S(=O)(=O)c1cc(NC(=O)C2CCN(c3ncnc4sc5c(c34)CCCC5)CC2)ccc1C. The number of nitrogens with one attached hydrogen (secondary N) is 1. The molecule has 0 unspecified atom stereocenters. The molecule has 37 heavy (non-hydrogen) atoms.